The molecule has 0 radical (unpaired) electrons. The summed E-state index contributed by atoms with van der Waals surface area (Å²) in [6, 6.07) is 3.14. The predicted molar refractivity (Wildman–Crippen MR) is 47.5 cm³/mol. The maximum absolute atomic E-state index is 7.33. The van der Waals surface area contributed by atoms with Gasteiger partial charge in [-0.05, 0) is 24.4 Å². The van der Waals surface area contributed by atoms with E-state index in [9.17, 15) is 0 Å². The van der Waals surface area contributed by atoms with Crippen molar-refractivity contribution < 1.29 is 0 Å². The van der Waals surface area contributed by atoms with Gasteiger partial charge < -0.3 is 5.73 Å². The minimum atomic E-state index is 0.123. The van der Waals surface area contributed by atoms with Crippen molar-refractivity contribution in [3.8, 4) is 0 Å². The van der Waals surface area contributed by atoms with Gasteiger partial charge in [0.15, 0.2) is 5.11 Å². The Hall–Kier alpha value is -0.870. The van der Waals surface area contributed by atoms with Gasteiger partial charge in [-0.15, -0.1) is 0 Å². The molecule has 1 aromatic heterocycles. The van der Waals surface area contributed by atoms with Gasteiger partial charge >= 0.3 is 0 Å². The van der Waals surface area contributed by atoms with Gasteiger partial charge in [0.2, 0.25) is 0 Å². The average Bonchev–Trinajstić information content (AvgIpc) is 1.94. The summed E-state index contributed by atoms with van der Waals surface area (Å²) in [7, 11) is 0. The van der Waals surface area contributed by atoms with Crippen LogP contribution in [0.5, 0.6) is 0 Å². The Balaban J connectivity index is 3.35. The summed E-state index contributed by atoms with van der Waals surface area (Å²) in [5, 5.41) is 7.97. The zero-order valence-corrected chi connectivity index (χ0v) is 7.12. The van der Waals surface area contributed by atoms with E-state index < -0.39 is 0 Å². The lowest BCUT2D eigenvalue weighted by Gasteiger charge is -2.02. The van der Waals surface area contributed by atoms with Crippen LogP contribution in [-0.4, -0.2) is 9.68 Å². The molecular weight excluding hydrogens is 182 g/mol. The Bertz CT molecular complexity index is 344. The number of nitrogens with one attached hydrogen (secondary N) is 1. The third kappa shape index (κ3) is 1.78. The molecule has 0 unspecified atom stereocenters. The zero-order valence-electron chi connectivity index (χ0n) is 5.54. The lowest BCUT2D eigenvalue weighted by molar-refractivity contribution is 0.979. The smallest absolute Gasteiger partial charge is 0.176 e. The Labute approximate surface area is 73.9 Å². The summed E-state index contributed by atoms with van der Waals surface area (Å²) >= 11 is 10.3. The van der Waals surface area contributed by atoms with Gasteiger partial charge in [-0.3, -0.25) is 9.98 Å². The van der Waals surface area contributed by atoms with Crippen molar-refractivity contribution in [1.82, 2.24) is 4.57 Å². The number of nitrogens with zero attached hydrogens (tertiary/aromatic N) is 1. The fraction of sp³-hybridized carbons (Fsp3) is 0. The minimum Gasteiger partial charge on any atom is -0.376 e. The molecule has 3 N–H and O–H groups in total. The monoisotopic (exact) mass is 187 g/mol. The quantitative estimate of drug-likeness (QED) is 0.588. The number of rotatable bonds is 0. The normalized spacial score (nSPS) is 9.55. The SMILES string of the molecule is N=c1ccc(Cl)cn1C(N)=S. The first-order valence-electron chi connectivity index (χ1n) is 2.84. The van der Waals surface area contributed by atoms with Crippen LogP contribution >= 0.6 is 23.8 Å². The van der Waals surface area contributed by atoms with E-state index in [1.165, 1.54) is 16.8 Å². The summed E-state index contributed by atoms with van der Waals surface area (Å²) < 4.78 is 1.33. The summed E-state index contributed by atoms with van der Waals surface area (Å²) in [5.74, 6) is 0. The lowest BCUT2D eigenvalue weighted by Crippen LogP contribution is -2.30. The second-order valence-corrected chi connectivity index (χ2v) is 2.80. The molecule has 58 valence electrons. The lowest BCUT2D eigenvalue weighted by atomic mass is 10.5. The molecule has 0 aliphatic heterocycles. The van der Waals surface area contributed by atoms with E-state index in [0.29, 0.717) is 5.02 Å². The molecule has 0 saturated heterocycles. The second-order valence-electron chi connectivity index (χ2n) is 1.94. The van der Waals surface area contributed by atoms with E-state index in [1.807, 2.05) is 0 Å². The predicted octanol–water partition coefficient (Wildman–Crippen LogP) is 0.713. The maximum atomic E-state index is 7.33. The minimum absolute atomic E-state index is 0.123. The Morgan fingerprint density at radius 2 is 2.27 bits per heavy atom. The van der Waals surface area contributed by atoms with Crippen molar-refractivity contribution in [1.29, 1.82) is 5.41 Å². The summed E-state index contributed by atoms with van der Waals surface area (Å²) in [6.07, 6.45) is 1.51. The molecule has 0 aliphatic carbocycles. The van der Waals surface area contributed by atoms with Gasteiger partial charge in [-0.25, -0.2) is 0 Å². The first-order chi connectivity index (χ1) is 5.11. The molecule has 3 nitrogen and oxygen atoms in total. The highest BCUT2D eigenvalue weighted by molar-refractivity contribution is 7.80. The van der Waals surface area contributed by atoms with E-state index in [0.717, 1.165) is 0 Å². The van der Waals surface area contributed by atoms with Crippen LogP contribution in [0, 0.1) is 5.41 Å². The van der Waals surface area contributed by atoms with Gasteiger partial charge in [-0.1, -0.05) is 11.6 Å². The molecule has 11 heavy (non-hydrogen) atoms. The van der Waals surface area contributed by atoms with Crippen molar-refractivity contribution in [3.63, 3.8) is 0 Å². The third-order valence-electron chi connectivity index (χ3n) is 1.15. The highest BCUT2D eigenvalue weighted by Crippen LogP contribution is 2.02. The number of pyridine rings is 1. The van der Waals surface area contributed by atoms with E-state index >= 15 is 0 Å². The molecule has 5 heteroatoms. The molecule has 0 atom stereocenters. The average molecular weight is 188 g/mol. The molecule has 0 amide bonds. The van der Waals surface area contributed by atoms with Crippen LogP contribution in [0.15, 0.2) is 18.3 Å². The molecule has 1 aromatic rings. The number of halogens is 1. The largest absolute Gasteiger partial charge is 0.376 e. The standard InChI is InChI=1S/C6H6ClN3S/c7-4-1-2-5(8)10(3-4)6(9)11/h1-3,8H,(H2,9,11). The van der Waals surface area contributed by atoms with Crippen molar-refractivity contribution in [2.45, 2.75) is 0 Å². The molecule has 0 fully saturated rings. The second kappa shape index (κ2) is 3.02. The highest BCUT2D eigenvalue weighted by Gasteiger charge is 1.94. The van der Waals surface area contributed by atoms with Gasteiger partial charge in [-0.2, -0.15) is 0 Å². The number of nitrogens with two attached hydrogens (primary N) is 1. The van der Waals surface area contributed by atoms with E-state index in [1.54, 1.807) is 6.07 Å². The number of thiocarbonyl (C=S) groups is 1. The topological polar surface area (TPSA) is 54.8 Å². The summed E-state index contributed by atoms with van der Waals surface area (Å²) in [4.78, 5) is 0. The van der Waals surface area contributed by atoms with Gasteiger partial charge in [0.05, 0.1) is 5.02 Å². The Morgan fingerprint density at radius 3 is 2.73 bits per heavy atom. The molecule has 1 rings (SSSR count). The number of hydrogen-bond acceptors (Lipinski definition) is 2. The van der Waals surface area contributed by atoms with Gasteiger partial charge in [0.25, 0.3) is 0 Å². The van der Waals surface area contributed by atoms with Crippen LogP contribution in [0.2, 0.25) is 5.02 Å². The van der Waals surface area contributed by atoms with Crippen LogP contribution in [0.4, 0.5) is 0 Å². The van der Waals surface area contributed by atoms with Gasteiger partial charge in [0, 0.05) is 6.20 Å². The van der Waals surface area contributed by atoms with E-state index in [-0.39, 0.29) is 10.6 Å². The fourth-order valence-electron chi connectivity index (χ4n) is 0.657. The molecule has 0 bridgehead atoms. The molecule has 1 heterocycles. The molecule has 0 spiro atoms. The summed E-state index contributed by atoms with van der Waals surface area (Å²) in [6.45, 7) is 0. The molecule has 0 aromatic carbocycles. The van der Waals surface area contributed by atoms with E-state index in [4.69, 9.17) is 22.7 Å². The van der Waals surface area contributed by atoms with Crippen LogP contribution in [-0.2, 0) is 0 Å². The van der Waals surface area contributed by atoms with Crippen LogP contribution < -0.4 is 11.2 Å². The number of hydrogen-bond donors (Lipinski definition) is 2. The molecule has 0 aliphatic rings. The van der Waals surface area contributed by atoms with Crippen molar-refractivity contribution in [3.05, 3.63) is 28.8 Å². The first kappa shape index (κ1) is 8.23. The Morgan fingerprint density at radius 1 is 1.64 bits per heavy atom. The maximum Gasteiger partial charge on any atom is 0.176 e. The highest BCUT2D eigenvalue weighted by atomic mass is 35.5. The fourth-order valence-corrected chi connectivity index (χ4v) is 0.969. The van der Waals surface area contributed by atoms with Crippen molar-refractivity contribution in [2.24, 2.45) is 5.73 Å². The van der Waals surface area contributed by atoms with E-state index in [2.05, 4.69) is 12.2 Å². The van der Waals surface area contributed by atoms with Crippen LogP contribution in [0.1, 0.15) is 0 Å². The molecule has 0 saturated carbocycles. The number of aromatic nitrogens is 1. The van der Waals surface area contributed by atoms with Crippen LogP contribution in [0.25, 0.3) is 0 Å². The van der Waals surface area contributed by atoms with Crippen molar-refractivity contribution >= 4 is 28.9 Å². The van der Waals surface area contributed by atoms with Crippen molar-refractivity contribution in [2.75, 3.05) is 0 Å². The molecular formula is C6H6ClN3S. The first-order valence-corrected chi connectivity index (χ1v) is 3.62. The van der Waals surface area contributed by atoms with Crippen LogP contribution in [0.3, 0.4) is 0 Å². The van der Waals surface area contributed by atoms with Gasteiger partial charge in [0.1, 0.15) is 5.49 Å². The Kier molecular flexibility index (Phi) is 2.26. The third-order valence-corrected chi connectivity index (χ3v) is 1.57. The summed E-state index contributed by atoms with van der Waals surface area (Å²) in [5.41, 5.74) is 5.52. The zero-order chi connectivity index (χ0) is 8.43.